The van der Waals surface area contributed by atoms with Crippen LogP contribution in [0.3, 0.4) is 0 Å². The molecule has 0 aromatic heterocycles. The van der Waals surface area contributed by atoms with Gasteiger partial charge in [-0.3, -0.25) is 4.99 Å². The summed E-state index contributed by atoms with van der Waals surface area (Å²) in [5, 5.41) is 0. The summed E-state index contributed by atoms with van der Waals surface area (Å²) < 4.78 is 1.18. The number of aryl methyl sites for hydroxylation is 1. The van der Waals surface area contributed by atoms with Crippen LogP contribution in [0.4, 0.5) is 0 Å². The molecule has 3 rings (SSSR count). The number of benzene rings is 1. The average molecular weight is 248 g/mol. The summed E-state index contributed by atoms with van der Waals surface area (Å²) in [6, 6.07) is 6.54. The molecule has 1 aromatic carbocycles. The van der Waals surface area contributed by atoms with Crippen LogP contribution in [0.1, 0.15) is 17.5 Å². The number of allylic oxidation sites excluding steroid dienone is 1. The number of rotatable bonds is 0. The monoisotopic (exact) mass is 247 g/mol. The molecule has 0 amide bonds. The van der Waals surface area contributed by atoms with Crippen molar-refractivity contribution in [3.8, 4) is 0 Å². The molecular formula is C12H10BrN. The second-order valence-corrected chi connectivity index (χ2v) is 4.62. The zero-order valence-electron chi connectivity index (χ0n) is 7.76. The van der Waals surface area contributed by atoms with E-state index in [-0.39, 0.29) is 0 Å². The van der Waals surface area contributed by atoms with Crippen LogP contribution in [0.25, 0.3) is 5.57 Å². The average Bonchev–Trinajstić information content (AvgIpc) is 2.65. The van der Waals surface area contributed by atoms with Gasteiger partial charge in [-0.15, -0.1) is 0 Å². The van der Waals surface area contributed by atoms with E-state index in [1.807, 2.05) is 0 Å². The molecule has 0 fully saturated rings. The van der Waals surface area contributed by atoms with Gasteiger partial charge in [0, 0.05) is 15.8 Å². The maximum atomic E-state index is 4.49. The van der Waals surface area contributed by atoms with Crippen LogP contribution < -0.4 is 0 Å². The molecule has 1 aliphatic carbocycles. The molecule has 14 heavy (non-hydrogen) atoms. The quantitative estimate of drug-likeness (QED) is 0.668. The summed E-state index contributed by atoms with van der Waals surface area (Å²) in [6.07, 6.45) is 4.47. The number of hydrogen-bond acceptors (Lipinski definition) is 1. The predicted octanol–water partition coefficient (Wildman–Crippen LogP) is 3.23. The number of hydrogen-bond donors (Lipinski definition) is 0. The van der Waals surface area contributed by atoms with Crippen molar-refractivity contribution in [2.45, 2.75) is 12.8 Å². The highest BCUT2D eigenvalue weighted by Crippen LogP contribution is 2.32. The molecule has 1 nitrogen and oxygen atoms in total. The van der Waals surface area contributed by atoms with Gasteiger partial charge in [0.1, 0.15) is 0 Å². The fourth-order valence-electron chi connectivity index (χ4n) is 2.21. The van der Waals surface area contributed by atoms with Gasteiger partial charge >= 0.3 is 0 Å². The number of aliphatic imine (C=N–C) groups is 1. The summed E-state index contributed by atoms with van der Waals surface area (Å²) in [7, 11) is 0. The van der Waals surface area contributed by atoms with E-state index in [1.54, 1.807) is 0 Å². The van der Waals surface area contributed by atoms with Crippen LogP contribution in [0.5, 0.6) is 0 Å². The van der Waals surface area contributed by atoms with Crippen molar-refractivity contribution in [2.24, 2.45) is 4.99 Å². The summed E-state index contributed by atoms with van der Waals surface area (Å²) in [5.74, 6) is 0. The van der Waals surface area contributed by atoms with E-state index in [1.165, 1.54) is 26.9 Å². The van der Waals surface area contributed by atoms with Gasteiger partial charge in [0.15, 0.2) is 0 Å². The highest BCUT2D eigenvalue weighted by molar-refractivity contribution is 9.10. The third-order valence-electron chi connectivity index (χ3n) is 2.88. The lowest BCUT2D eigenvalue weighted by molar-refractivity contribution is 1.02. The molecule has 1 aliphatic heterocycles. The minimum atomic E-state index is 0.875. The Morgan fingerprint density at radius 2 is 2.14 bits per heavy atom. The second kappa shape index (κ2) is 3.06. The molecular weight excluding hydrogens is 238 g/mol. The minimum Gasteiger partial charge on any atom is -0.285 e. The first-order chi connectivity index (χ1) is 6.84. The van der Waals surface area contributed by atoms with E-state index in [2.05, 4.69) is 45.2 Å². The van der Waals surface area contributed by atoms with Gasteiger partial charge in [0.2, 0.25) is 0 Å². The normalized spacial score (nSPS) is 18.4. The van der Waals surface area contributed by atoms with Gasteiger partial charge in [-0.25, -0.2) is 0 Å². The molecule has 2 aliphatic rings. The van der Waals surface area contributed by atoms with Crippen molar-refractivity contribution in [1.29, 1.82) is 0 Å². The van der Waals surface area contributed by atoms with Crippen molar-refractivity contribution < 1.29 is 0 Å². The van der Waals surface area contributed by atoms with E-state index in [0.717, 1.165) is 19.4 Å². The van der Waals surface area contributed by atoms with Crippen LogP contribution in [0, 0.1) is 0 Å². The molecule has 0 radical (unpaired) electrons. The van der Waals surface area contributed by atoms with Crippen molar-refractivity contribution in [2.75, 3.05) is 6.54 Å². The maximum Gasteiger partial charge on any atom is 0.0583 e. The third kappa shape index (κ3) is 1.17. The fraction of sp³-hybridized carbons (Fsp3) is 0.250. The predicted molar refractivity (Wildman–Crippen MR) is 62.7 cm³/mol. The number of nitrogens with zero attached hydrogens (tertiary/aromatic N) is 1. The van der Waals surface area contributed by atoms with Crippen molar-refractivity contribution >= 4 is 27.2 Å². The van der Waals surface area contributed by atoms with Crippen molar-refractivity contribution in [3.05, 3.63) is 39.9 Å². The molecule has 0 bridgehead atoms. The van der Waals surface area contributed by atoms with E-state index in [0.29, 0.717) is 0 Å². The molecule has 0 unspecified atom stereocenters. The summed E-state index contributed by atoms with van der Waals surface area (Å²) >= 11 is 3.51. The van der Waals surface area contributed by atoms with Crippen LogP contribution in [-0.2, 0) is 6.42 Å². The van der Waals surface area contributed by atoms with Gasteiger partial charge in [0.05, 0.1) is 6.54 Å². The second-order valence-electron chi connectivity index (χ2n) is 3.71. The number of halogens is 1. The zero-order chi connectivity index (χ0) is 9.54. The molecule has 70 valence electrons. The van der Waals surface area contributed by atoms with Gasteiger partial charge in [-0.1, -0.05) is 28.1 Å². The van der Waals surface area contributed by atoms with Crippen molar-refractivity contribution in [1.82, 2.24) is 0 Å². The Bertz CT molecular complexity index is 457. The van der Waals surface area contributed by atoms with Crippen LogP contribution in [-0.4, -0.2) is 12.3 Å². The Morgan fingerprint density at radius 3 is 3.07 bits per heavy atom. The lowest BCUT2D eigenvalue weighted by Crippen LogP contribution is -2.10. The lowest BCUT2D eigenvalue weighted by Gasteiger charge is -2.18. The lowest BCUT2D eigenvalue weighted by atomic mass is 9.87. The molecule has 0 atom stereocenters. The highest BCUT2D eigenvalue weighted by Gasteiger charge is 2.21. The largest absolute Gasteiger partial charge is 0.285 e. The van der Waals surface area contributed by atoms with Crippen LogP contribution in [0.2, 0.25) is 0 Å². The number of fused-ring (bicyclic) bond motifs is 3. The first kappa shape index (κ1) is 8.42. The molecule has 2 heteroatoms. The summed E-state index contributed by atoms with van der Waals surface area (Å²) in [4.78, 5) is 4.49. The van der Waals surface area contributed by atoms with E-state index < -0.39 is 0 Å². The SMILES string of the molecule is Brc1ccc2c(c1)CCC1=NCC=C12. The minimum absolute atomic E-state index is 0.875. The standard InChI is InChI=1S/C12H10BrN/c13-9-2-3-10-8(7-9)1-4-12-11(10)5-6-14-12/h2-3,5,7H,1,4,6H2. The molecule has 0 spiro atoms. The van der Waals surface area contributed by atoms with E-state index in [4.69, 9.17) is 0 Å². The van der Waals surface area contributed by atoms with Gasteiger partial charge in [0.25, 0.3) is 0 Å². The van der Waals surface area contributed by atoms with Crippen molar-refractivity contribution in [3.63, 3.8) is 0 Å². The Kier molecular flexibility index (Phi) is 1.84. The highest BCUT2D eigenvalue weighted by atomic mass is 79.9. The Balaban J connectivity index is 2.20. The van der Waals surface area contributed by atoms with Gasteiger partial charge < -0.3 is 0 Å². The van der Waals surface area contributed by atoms with E-state index >= 15 is 0 Å². The Labute approximate surface area is 91.7 Å². The topological polar surface area (TPSA) is 12.4 Å². The van der Waals surface area contributed by atoms with Gasteiger partial charge in [-0.05, 0) is 36.1 Å². The van der Waals surface area contributed by atoms with Crippen LogP contribution >= 0.6 is 15.9 Å². The summed E-state index contributed by atoms with van der Waals surface area (Å²) in [6.45, 7) is 0.875. The maximum absolute atomic E-state index is 4.49. The van der Waals surface area contributed by atoms with Crippen LogP contribution in [0.15, 0.2) is 33.7 Å². The first-order valence-electron chi connectivity index (χ1n) is 4.87. The third-order valence-corrected chi connectivity index (χ3v) is 3.37. The Hall–Kier alpha value is -0.890. The van der Waals surface area contributed by atoms with Gasteiger partial charge in [-0.2, -0.15) is 0 Å². The summed E-state index contributed by atoms with van der Waals surface area (Å²) in [5.41, 5.74) is 5.51. The molecule has 1 heterocycles. The first-order valence-corrected chi connectivity index (χ1v) is 5.66. The fourth-order valence-corrected chi connectivity index (χ4v) is 2.62. The van der Waals surface area contributed by atoms with E-state index in [9.17, 15) is 0 Å². The Morgan fingerprint density at radius 1 is 1.21 bits per heavy atom. The molecule has 0 saturated heterocycles. The molecule has 0 N–H and O–H groups in total. The molecule has 0 saturated carbocycles. The smallest absolute Gasteiger partial charge is 0.0583 e. The molecule has 1 aromatic rings. The zero-order valence-corrected chi connectivity index (χ0v) is 9.34.